The number of anilines is 1. The first kappa shape index (κ1) is 17.5. The van der Waals surface area contributed by atoms with E-state index in [0.29, 0.717) is 34.7 Å². The predicted molar refractivity (Wildman–Crippen MR) is 92.7 cm³/mol. The molecule has 2 bridgehead atoms. The number of ether oxygens (including phenoxy) is 1. The number of benzene rings is 1. The van der Waals surface area contributed by atoms with E-state index < -0.39 is 0 Å². The zero-order valence-electron chi connectivity index (χ0n) is 13.8. The lowest BCUT2D eigenvalue weighted by Crippen LogP contribution is -2.52. The Morgan fingerprint density at radius 1 is 1.46 bits per heavy atom. The number of carbonyl (C=O) groups is 1. The number of nitrogen functional groups attached to an aromatic ring is 1. The zero-order valence-corrected chi connectivity index (χ0v) is 14.6. The van der Waals surface area contributed by atoms with Crippen LogP contribution in [0.2, 0.25) is 5.02 Å². The fraction of sp³-hybridized carbons (Fsp3) is 0.588. The molecule has 1 aromatic carbocycles. The van der Waals surface area contributed by atoms with Gasteiger partial charge in [0.05, 0.1) is 16.8 Å². The highest BCUT2D eigenvalue weighted by atomic mass is 35.5. The van der Waals surface area contributed by atoms with E-state index in [0.717, 1.165) is 6.54 Å². The number of hydroxylamine groups is 1. The summed E-state index contributed by atoms with van der Waals surface area (Å²) in [5.74, 6) is 0.802. The monoisotopic (exact) mass is 353 g/mol. The Bertz CT molecular complexity index is 590. The molecule has 3 saturated heterocycles. The Kier molecular flexibility index (Phi) is 5.61. The van der Waals surface area contributed by atoms with Crippen LogP contribution in [-0.2, 0) is 9.57 Å². The van der Waals surface area contributed by atoms with Crippen molar-refractivity contribution in [2.45, 2.75) is 18.9 Å². The van der Waals surface area contributed by atoms with Gasteiger partial charge in [-0.2, -0.15) is 0 Å². The van der Waals surface area contributed by atoms with Crippen LogP contribution in [0.25, 0.3) is 0 Å². The van der Waals surface area contributed by atoms with Crippen molar-refractivity contribution in [1.29, 1.82) is 0 Å². The first-order valence-electron chi connectivity index (χ1n) is 8.30. The Hall–Kier alpha value is -1.34. The number of hydrogen-bond donors (Lipinski definition) is 2. The first-order valence-corrected chi connectivity index (χ1v) is 8.68. The standard InChI is InChI=1S/C17H24ClN3O3/c1-23-16(13-9-21-6-4-11(13)5-7-21)10-24-20-17(22)12-2-3-15(19)14(18)8-12/h2-3,8,11,13,16H,4-7,9-10,19H2,1H3,(H,20,22). The lowest BCUT2D eigenvalue weighted by atomic mass is 9.76. The second-order valence-corrected chi connectivity index (χ2v) is 6.96. The van der Waals surface area contributed by atoms with E-state index in [1.807, 2.05) is 0 Å². The highest BCUT2D eigenvalue weighted by molar-refractivity contribution is 6.33. The van der Waals surface area contributed by atoms with Crippen LogP contribution < -0.4 is 11.2 Å². The minimum absolute atomic E-state index is 0.0200. The number of rotatable bonds is 6. The molecule has 0 spiro atoms. The number of nitrogens with one attached hydrogen (secondary N) is 1. The fourth-order valence-corrected chi connectivity index (χ4v) is 3.90. The van der Waals surface area contributed by atoms with Crippen molar-refractivity contribution < 1.29 is 14.4 Å². The molecule has 4 rings (SSSR count). The van der Waals surface area contributed by atoms with Gasteiger partial charge >= 0.3 is 0 Å². The lowest BCUT2D eigenvalue weighted by Gasteiger charge is -2.47. The molecule has 2 unspecified atom stereocenters. The molecule has 24 heavy (non-hydrogen) atoms. The smallest absolute Gasteiger partial charge is 0.274 e. The number of amides is 1. The highest BCUT2D eigenvalue weighted by Gasteiger charge is 2.38. The number of piperidine rings is 3. The van der Waals surface area contributed by atoms with Crippen LogP contribution in [0.15, 0.2) is 18.2 Å². The Balaban J connectivity index is 1.51. The maximum absolute atomic E-state index is 12.1. The molecule has 0 radical (unpaired) electrons. The minimum Gasteiger partial charge on any atom is -0.398 e. The van der Waals surface area contributed by atoms with Crippen LogP contribution in [0.5, 0.6) is 0 Å². The molecular weight excluding hydrogens is 330 g/mol. The van der Waals surface area contributed by atoms with Crippen molar-refractivity contribution in [2.75, 3.05) is 39.1 Å². The van der Waals surface area contributed by atoms with Crippen molar-refractivity contribution in [3.05, 3.63) is 28.8 Å². The van der Waals surface area contributed by atoms with Crippen LogP contribution in [0, 0.1) is 11.8 Å². The summed E-state index contributed by atoms with van der Waals surface area (Å²) in [7, 11) is 1.70. The number of methoxy groups -OCH3 is 1. The number of nitrogens with zero attached hydrogens (tertiary/aromatic N) is 1. The van der Waals surface area contributed by atoms with Gasteiger partial charge < -0.3 is 15.4 Å². The highest BCUT2D eigenvalue weighted by Crippen LogP contribution is 2.35. The van der Waals surface area contributed by atoms with Crippen molar-refractivity contribution in [3.8, 4) is 0 Å². The molecular formula is C17H24ClN3O3. The van der Waals surface area contributed by atoms with E-state index in [-0.39, 0.29) is 12.0 Å². The van der Waals surface area contributed by atoms with Gasteiger partial charge in [-0.1, -0.05) is 11.6 Å². The zero-order chi connectivity index (χ0) is 17.1. The molecule has 7 heteroatoms. The summed E-state index contributed by atoms with van der Waals surface area (Å²) in [6, 6.07) is 4.74. The maximum atomic E-state index is 12.1. The molecule has 132 valence electrons. The Labute approximate surface area is 147 Å². The molecule has 3 fully saturated rings. The largest absolute Gasteiger partial charge is 0.398 e. The third-order valence-corrected chi connectivity index (χ3v) is 5.49. The van der Waals surface area contributed by atoms with E-state index in [1.165, 1.54) is 32.0 Å². The van der Waals surface area contributed by atoms with Crippen molar-refractivity contribution in [2.24, 2.45) is 11.8 Å². The maximum Gasteiger partial charge on any atom is 0.274 e. The molecule has 6 nitrogen and oxygen atoms in total. The third kappa shape index (κ3) is 3.83. The summed E-state index contributed by atoms with van der Waals surface area (Å²) in [4.78, 5) is 20.0. The number of hydrogen-bond acceptors (Lipinski definition) is 5. The summed E-state index contributed by atoms with van der Waals surface area (Å²) in [6.45, 7) is 3.76. The summed E-state index contributed by atoms with van der Waals surface area (Å²) in [6.07, 6.45) is 2.43. The number of nitrogens with two attached hydrogens (primary N) is 1. The van der Waals surface area contributed by atoms with E-state index >= 15 is 0 Å². The van der Waals surface area contributed by atoms with Crippen molar-refractivity contribution >= 4 is 23.2 Å². The number of halogens is 1. The predicted octanol–water partition coefficient (Wildman–Crippen LogP) is 1.94. The summed E-state index contributed by atoms with van der Waals surface area (Å²) in [5, 5.41) is 0.352. The van der Waals surface area contributed by atoms with Gasteiger partial charge in [0.2, 0.25) is 0 Å². The van der Waals surface area contributed by atoms with Crippen LogP contribution in [0.1, 0.15) is 23.2 Å². The third-order valence-electron chi connectivity index (χ3n) is 5.16. The molecule has 1 aromatic rings. The molecule has 3 N–H and O–H groups in total. The second kappa shape index (κ2) is 7.70. The van der Waals surface area contributed by atoms with Crippen molar-refractivity contribution in [1.82, 2.24) is 10.4 Å². The number of fused-ring (bicyclic) bond motifs is 3. The Morgan fingerprint density at radius 2 is 2.21 bits per heavy atom. The molecule has 1 amide bonds. The van der Waals surface area contributed by atoms with Crippen LogP contribution in [-0.4, -0.2) is 50.3 Å². The van der Waals surface area contributed by atoms with E-state index in [2.05, 4.69) is 10.4 Å². The van der Waals surface area contributed by atoms with Gasteiger partial charge in [-0.25, -0.2) is 5.48 Å². The average Bonchev–Trinajstić information content (AvgIpc) is 2.62. The van der Waals surface area contributed by atoms with Gasteiger partial charge in [0, 0.05) is 25.1 Å². The normalized spacial score (nSPS) is 27.0. The Morgan fingerprint density at radius 3 is 2.79 bits per heavy atom. The van der Waals surface area contributed by atoms with Gasteiger partial charge in [-0.3, -0.25) is 9.63 Å². The summed E-state index contributed by atoms with van der Waals surface area (Å²) >= 11 is 5.93. The first-order chi connectivity index (χ1) is 11.6. The lowest BCUT2D eigenvalue weighted by molar-refractivity contribution is -0.0921. The molecule has 0 aliphatic carbocycles. The van der Waals surface area contributed by atoms with Gasteiger partial charge in [-0.05, 0) is 50.0 Å². The minimum atomic E-state index is -0.347. The van der Waals surface area contributed by atoms with Crippen LogP contribution in [0.4, 0.5) is 5.69 Å². The van der Waals surface area contributed by atoms with E-state index in [4.69, 9.17) is 26.9 Å². The SMILES string of the molecule is COC(CONC(=O)c1ccc(N)c(Cl)c1)C1CN2CCC1CC2. The quantitative estimate of drug-likeness (QED) is 0.603. The van der Waals surface area contributed by atoms with E-state index in [9.17, 15) is 4.79 Å². The van der Waals surface area contributed by atoms with Crippen molar-refractivity contribution in [3.63, 3.8) is 0 Å². The molecule has 2 atom stereocenters. The molecule has 3 heterocycles. The molecule has 0 saturated carbocycles. The van der Waals surface area contributed by atoms with Gasteiger partial charge in [0.15, 0.2) is 0 Å². The fourth-order valence-electron chi connectivity index (χ4n) is 3.72. The molecule has 3 aliphatic rings. The molecule has 0 aromatic heterocycles. The topological polar surface area (TPSA) is 76.8 Å². The molecule has 3 aliphatic heterocycles. The van der Waals surface area contributed by atoms with Gasteiger partial charge in [0.25, 0.3) is 5.91 Å². The van der Waals surface area contributed by atoms with Gasteiger partial charge in [0.1, 0.15) is 6.61 Å². The average molecular weight is 354 g/mol. The van der Waals surface area contributed by atoms with E-state index in [1.54, 1.807) is 19.2 Å². The second-order valence-electron chi connectivity index (χ2n) is 6.55. The van der Waals surface area contributed by atoms with Crippen LogP contribution >= 0.6 is 11.6 Å². The number of carbonyl (C=O) groups excluding carboxylic acids is 1. The summed E-state index contributed by atoms with van der Waals surface area (Å²) in [5.41, 5.74) is 8.95. The van der Waals surface area contributed by atoms with Crippen LogP contribution in [0.3, 0.4) is 0 Å². The van der Waals surface area contributed by atoms with Gasteiger partial charge in [-0.15, -0.1) is 0 Å². The summed E-state index contributed by atoms with van der Waals surface area (Å²) < 4.78 is 5.62.